The van der Waals surface area contributed by atoms with Crippen LogP contribution in [0.3, 0.4) is 0 Å². The molecule has 0 saturated heterocycles. The van der Waals surface area contributed by atoms with Gasteiger partial charge >= 0.3 is 18.1 Å². The van der Waals surface area contributed by atoms with Crippen LogP contribution >= 0.6 is 15.9 Å². The molecule has 0 aliphatic carbocycles. The molecule has 0 unspecified atom stereocenters. The maximum atomic E-state index is 12.1. The second-order valence-electron chi connectivity index (χ2n) is 2.90. The fourth-order valence-corrected chi connectivity index (χ4v) is 0.870. The van der Waals surface area contributed by atoms with Crippen LogP contribution in [-0.4, -0.2) is 34.4 Å². The molecule has 0 saturated carbocycles. The van der Waals surface area contributed by atoms with Crippen molar-refractivity contribution in [2.24, 2.45) is 0 Å². The number of carbonyl (C=O) groups excluding carboxylic acids is 1. The lowest BCUT2D eigenvalue weighted by Gasteiger charge is -2.32. The van der Waals surface area contributed by atoms with Gasteiger partial charge in [-0.25, -0.2) is 0 Å². The van der Waals surface area contributed by atoms with Crippen molar-refractivity contribution in [2.45, 2.75) is 18.1 Å². The molecule has 0 spiro atoms. The quantitative estimate of drug-likeness (QED) is 0.359. The molecule has 0 aliphatic rings. The minimum absolute atomic E-state index is 0.343. The number of hydrogen-bond donors (Lipinski definition) is 2. The molecule has 0 aliphatic heterocycles. The van der Waals surface area contributed by atoms with E-state index in [0.29, 0.717) is 5.32 Å². The van der Waals surface area contributed by atoms with Crippen LogP contribution in [0.4, 0.5) is 26.3 Å². The fourth-order valence-electron chi connectivity index (χ4n) is 0.616. The number of amides is 1. The third-order valence-corrected chi connectivity index (χ3v) is 2.27. The minimum atomic E-state index is -6.10. The third kappa shape index (κ3) is 3.35. The summed E-state index contributed by atoms with van der Waals surface area (Å²) in [5, 5.41) is 8.68. The number of carbonyl (C=O) groups is 1. The predicted molar refractivity (Wildman–Crippen MR) is 48.1 cm³/mol. The van der Waals surface area contributed by atoms with Crippen molar-refractivity contribution in [3.05, 3.63) is 12.2 Å². The highest BCUT2D eigenvalue weighted by molar-refractivity contribution is 9.09. The van der Waals surface area contributed by atoms with E-state index in [2.05, 4.69) is 22.5 Å². The van der Waals surface area contributed by atoms with Crippen LogP contribution in [0.1, 0.15) is 0 Å². The molecule has 1 amide bonds. The van der Waals surface area contributed by atoms with Gasteiger partial charge in [-0.05, 0) is 0 Å². The second kappa shape index (κ2) is 4.84. The van der Waals surface area contributed by atoms with Crippen LogP contribution in [0, 0.1) is 0 Å². The predicted octanol–water partition coefficient (Wildman–Crippen LogP) is 1.87. The third-order valence-electron chi connectivity index (χ3n) is 1.60. The Bertz CT molecular complexity index is 309. The number of hydrogen-bond acceptors (Lipinski definition) is 2. The Labute approximate surface area is 99.6 Å². The van der Waals surface area contributed by atoms with E-state index in [0.717, 1.165) is 0 Å². The zero-order valence-electron chi connectivity index (χ0n) is 7.92. The molecule has 0 rings (SSSR count). The molecule has 0 fully saturated rings. The first-order chi connectivity index (χ1) is 7.37. The molecule has 0 aromatic rings. The van der Waals surface area contributed by atoms with Crippen molar-refractivity contribution in [3.63, 3.8) is 0 Å². The number of halogens is 7. The van der Waals surface area contributed by atoms with Gasteiger partial charge in [-0.1, -0.05) is 22.5 Å². The number of aliphatic hydroxyl groups is 1. The lowest BCUT2D eigenvalue weighted by molar-refractivity contribution is -0.376. The summed E-state index contributed by atoms with van der Waals surface area (Å²) < 4.78 is 72.6. The summed E-state index contributed by atoms with van der Waals surface area (Å²) in [6, 6.07) is 0. The van der Waals surface area contributed by atoms with Gasteiger partial charge in [0.15, 0.2) is 0 Å². The van der Waals surface area contributed by atoms with Gasteiger partial charge in [-0.15, -0.1) is 0 Å². The maximum absolute atomic E-state index is 12.1. The Hall–Kier alpha value is -0.770. The van der Waals surface area contributed by atoms with Crippen molar-refractivity contribution < 1.29 is 36.2 Å². The van der Waals surface area contributed by atoms with E-state index < -0.39 is 29.6 Å². The van der Waals surface area contributed by atoms with Gasteiger partial charge < -0.3 is 10.4 Å². The molecule has 0 heterocycles. The summed E-state index contributed by atoms with van der Waals surface area (Å²) >= 11 is 2.62. The van der Waals surface area contributed by atoms with E-state index >= 15 is 0 Å². The van der Waals surface area contributed by atoms with Crippen LogP contribution in [0.5, 0.6) is 0 Å². The topological polar surface area (TPSA) is 49.3 Å². The molecule has 10 heteroatoms. The monoisotopic (exact) mass is 329 g/mol. The van der Waals surface area contributed by atoms with Gasteiger partial charge in [0.2, 0.25) is 5.91 Å². The van der Waals surface area contributed by atoms with Crippen molar-refractivity contribution in [1.29, 1.82) is 0 Å². The molecule has 100 valence electrons. The molecular formula is C7H6BrF6NO2. The minimum Gasteiger partial charge on any atom is -0.357 e. The van der Waals surface area contributed by atoms with Gasteiger partial charge in [0.25, 0.3) is 0 Å². The Balaban J connectivity index is 5.27. The summed E-state index contributed by atoms with van der Waals surface area (Å²) in [5.74, 6) is -1.76. The summed E-state index contributed by atoms with van der Waals surface area (Å²) in [6.45, 7) is 2.92. The smallest absolute Gasteiger partial charge is 0.357 e. The SMILES string of the molecule is C=C(CBr)C(=O)NC(O)(C(F)(F)F)C(F)(F)F. The van der Waals surface area contributed by atoms with Gasteiger partial charge in [-0.2, -0.15) is 26.3 Å². The maximum Gasteiger partial charge on any atom is 0.446 e. The van der Waals surface area contributed by atoms with E-state index in [-0.39, 0.29) is 5.33 Å². The average molecular weight is 330 g/mol. The van der Waals surface area contributed by atoms with Crippen molar-refractivity contribution >= 4 is 21.8 Å². The van der Waals surface area contributed by atoms with Crippen LogP contribution in [0.25, 0.3) is 0 Å². The Morgan fingerprint density at radius 1 is 1.18 bits per heavy atom. The molecule has 0 bridgehead atoms. The Morgan fingerprint density at radius 2 is 1.53 bits per heavy atom. The molecule has 17 heavy (non-hydrogen) atoms. The van der Waals surface area contributed by atoms with Gasteiger partial charge in [-0.3, -0.25) is 4.79 Å². The van der Waals surface area contributed by atoms with Gasteiger partial charge in [0, 0.05) is 10.9 Å². The van der Waals surface area contributed by atoms with E-state index in [9.17, 15) is 31.1 Å². The number of rotatable bonds is 3. The fraction of sp³-hybridized carbons (Fsp3) is 0.571. The Morgan fingerprint density at radius 3 is 1.76 bits per heavy atom. The molecule has 0 aromatic heterocycles. The zero-order chi connectivity index (χ0) is 14.1. The highest BCUT2D eigenvalue weighted by Crippen LogP contribution is 2.41. The highest BCUT2D eigenvalue weighted by atomic mass is 79.9. The highest BCUT2D eigenvalue weighted by Gasteiger charge is 2.71. The Kier molecular flexibility index (Phi) is 4.63. The standard InChI is InChI=1S/C7H6BrF6NO2/c1-3(2-8)4(16)15-5(17,6(9,10)11)7(12,13)14/h17H,1-2H2,(H,15,16). The number of nitrogens with one attached hydrogen (secondary N) is 1. The molecule has 0 radical (unpaired) electrons. The van der Waals surface area contributed by atoms with Crippen molar-refractivity contribution in [3.8, 4) is 0 Å². The van der Waals surface area contributed by atoms with E-state index in [1.54, 1.807) is 0 Å². The van der Waals surface area contributed by atoms with E-state index in [1.165, 1.54) is 0 Å². The van der Waals surface area contributed by atoms with E-state index in [1.807, 2.05) is 0 Å². The molecule has 0 atom stereocenters. The summed E-state index contributed by atoms with van der Waals surface area (Å²) in [7, 11) is 0. The first-order valence-corrected chi connectivity index (χ1v) is 4.91. The summed E-state index contributed by atoms with van der Waals surface area (Å²) in [6.07, 6.45) is -12.2. The zero-order valence-corrected chi connectivity index (χ0v) is 9.50. The first kappa shape index (κ1) is 16.2. The normalized spacial score (nSPS) is 13.4. The molecule has 3 nitrogen and oxygen atoms in total. The lowest BCUT2D eigenvalue weighted by atomic mass is 10.2. The largest absolute Gasteiger partial charge is 0.446 e. The van der Waals surface area contributed by atoms with Crippen molar-refractivity contribution in [2.75, 3.05) is 5.33 Å². The molecule has 2 N–H and O–H groups in total. The van der Waals surface area contributed by atoms with Crippen molar-refractivity contribution in [1.82, 2.24) is 5.32 Å². The number of alkyl halides is 7. The molecular weight excluding hydrogens is 324 g/mol. The summed E-state index contributed by atoms with van der Waals surface area (Å²) in [4.78, 5) is 10.9. The summed E-state index contributed by atoms with van der Waals surface area (Å²) in [5.41, 5.74) is -5.90. The lowest BCUT2D eigenvalue weighted by Crippen LogP contribution is -2.67. The van der Waals surface area contributed by atoms with Gasteiger partial charge in [0.05, 0.1) is 0 Å². The van der Waals surface area contributed by atoms with Crippen LogP contribution in [0.2, 0.25) is 0 Å². The molecule has 0 aromatic carbocycles. The second-order valence-corrected chi connectivity index (χ2v) is 3.46. The van der Waals surface area contributed by atoms with E-state index in [4.69, 9.17) is 5.11 Å². The average Bonchev–Trinajstić information content (AvgIpc) is 2.12. The first-order valence-electron chi connectivity index (χ1n) is 3.79. The van der Waals surface area contributed by atoms with Crippen LogP contribution in [0.15, 0.2) is 12.2 Å². The van der Waals surface area contributed by atoms with Crippen LogP contribution < -0.4 is 5.32 Å². The van der Waals surface area contributed by atoms with Crippen LogP contribution in [-0.2, 0) is 4.79 Å². The van der Waals surface area contributed by atoms with Gasteiger partial charge in [0.1, 0.15) is 0 Å².